The molecular weight excluding hydrogens is 316 g/mol. The summed E-state index contributed by atoms with van der Waals surface area (Å²) < 4.78 is 5.15. The minimum Gasteiger partial charge on any atom is -0.423 e. The predicted molar refractivity (Wildman–Crippen MR) is 95.1 cm³/mol. The van der Waals surface area contributed by atoms with Gasteiger partial charge in [0.15, 0.2) is 0 Å². The molecule has 0 unspecified atom stereocenters. The zero-order chi connectivity index (χ0) is 17.2. The standard InChI is InChI=1S/C19H16N4O2/c1-12-3-2-4-16-18(12)14(10-20-16)9-17(24)22-15-7-5-13(6-8-15)19-23-21-11-25-19/h2-8,10-11,20H,9H2,1H3,(H,22,24). The number of aryl methyl sites for hydroxylation is 1. The first kappa shape index (κ1) is 15.1. The minimum atomic E-state index is -0.0605. The van der Waals surface area contributed by atoms with Crippen molar-refractivity contribution in [3.05, 3.63) is 66.2 Å². The van der Waals surface area contributed by atoms with Crippen molar-refractivity contribution in [1.29, 1.82) is 0 Å². The third-order valence-electron chi connectivity index (χ3n) is 4.12. The Bertz CT molecular complexity index is 1020. The molecule has 0 aliphatic heterocycles. The van der Waals surface area contributed by atoms with E-state index in [4.69, 9.17) is 4.42 Å². The van der Waals surface area contributed by atoms with Gasteiger partial charge < -0.3 is 14.7 Å². The fraction of sp³-hybridized carbons (Fsp3) is 0.105. The molecule has 0 spiro atoms. The molecule has 1 amide bonds. The van der Waals surface area contributed by atoms with Crippen LogP contribution >= 0.6 is 0 Å². The summed E-state index contributed by atoms with van der Waals surface area (Å²) in [7, 11) is 0. The van der Waals surface area contributed by atoms with E-state index in [1.54, 1.807) is 0 Å². The highest BCUT2D eigenvalue weighted by atomic mass is 16.4. The largest absolute Gasteiger partial charge is 0.423 e. The molecule has 0 saturated heterocycles. The molecule has 4 aromatic rings. The van der Waals surface area contributed by atoms with Crippen LogP contribution in [0, 0.1) is 6.92 Å². The molecular formula is C19H16N4O2. The number of aromatic nitrogens is 3. The average Bonchev–Trinajstić information content (AvgIpc) is 3.26. The van der Waals surface area contributed by atoms with Crippen molar-refractivity contribution >= 4 is 22.5 Å². The summed E-state index contributed by atoms with van der Waals surface area (Å²) >= 11 is 0. The number of rotatable bonds is 4. The Morgan fingerprint density at radius 1 is 1.20 bits per heavy atom. The monoisotopic (exact) mass is 332 g/mol. The van der Waals surface area contributed by atoms with Gasteiger partial charge in [-0.05, 0) is 48.4 Å². The molecule has 2 heterocycles. The summed E-state index contributed by atoms with van der Waals surface area (Å²) in [6.07, 6.45) is 3.50. The lowest BCUT2D eigenvalue weighted by molar-refractivity contribution is -0.115. The van der Waals surface area contributed by atoms with Crippen LogP contribution in [0.4, 0.5) is 5.69 Å². The van der Waals surface area contributed by atoms with Gasteiger partial charge in [-0.25, -0.2) is 0 Å². The molecule has 0 aliphatic rings. The fourth-order valence-corrected chi connectivity index (χ4v) is 2.96. The van der Waals surface area contributed by atoms with E-state index in [1.165, 1.54) is 6.39 Å². The molecule has 2 aromatic heterocycles. The maximum absolute atomic E-state index is 12.4. The number of anilines is 1. The molecule has 0 saturated carbocycles. The van der Waals surface area contributed by atoms with Crippen LogP contribution in [0.1, 0.15) is 11.1 Å². The quantitative estimate of drug-likeness (QED) is 0.597. The van der Waals surface area contributed by atoms with Gasteiger partial charge in [0.1, 0.15) is 0 Å². The third kappa shape index (κ3) is 3.01. The van der Waals surface area contributed by atoms with Gasteiger partial charge in [0.05, 0.1) is 6.42 Å². The van der Waals surface area contributed by atoms with Gasteiger partial charge >= 0.3 is 0 Å². The van der Waals surface area contributed by atoms with Gasteiger partial charge in [-0.1, -0.05) is 12.1 Å². The van der Waals surface area contributed by atoms with Crippen LogP contribution in [0.2, 0.25) is 0 Å². The molecule has 4 rings (SSSR count). The molecule has 2 aromatic carbocycles. The molecule has 0 fully saturated rings. The van der Waals surface area contributed by atoms with Crippen LogP contribution in [0.25, 0.3) is 22.4 Å². The fourth-order valence-electron chi connectivity index (χ4n) is 2.96. The van der Waals surface area contributed by atoms with E-state index in [0.717, 1.165) is 33.3 Å². The molecule has 6 heteroatoms. The number of hydrogen-bond acceptors (Lipinski definition) is 4. The van der Waals surface area contributed by atoms with Crippen molar-refractivity contribution in [3.63, 3.8) is 0 Å². The van der Waals surface area contributed by atoms with Crippen molar-refractivity contribution in [2.75, 3.05) is 5.32 Å². The Labute approximate surface area is 143 Å². The molecule has 0 bridgehead atoms. The van der Waals surface area contributed by atoms with Crippen molar-refractivity contribution in [3.8, 4) is 11.5 Å². The molecule has 0 radical (unpaired) electrons. The van der Waals surface area contributed by atoms with E-state index in [2.05, 4.69) is 20.5 Å². The Morgan fingerprint density at radius 3 is 2.80 bits per heavy atom. The topological polar surface area (TPSA) is 83.8 Å². The lowest BCUT2D eigenvalue weighted by Gasteiger charge is -2.06. The van der Waals surface area contributed by atoms with E-state index >= 15 is 0 Å². The molecule has 2 N–H and O–H groups in total. The number of benzene rings is 2. The average molecular weight is 332 g/mol. The van der Waals surface area contributed by atoms with Gasteiger partial charge in [0.2, 0.25) is 18.2 Å². The molecule has 25 heavy (non-hydrogen) atoms. The van der Waals surface area contributed by atoms with Gasteiger partial charge in [0, 0.05) is 28.4 Å². The first-order valence-electron chi connectivity index (χ1n) is 7.93. The molecule has 0 atom stereocenters. The van der Waals surface area contributed by atoms with E-state index in [1.807, 2.05) is 55.6 Å². The second-order valence-corrected chi connectivity index (χ2v) is 5.86. The van der Waals surface area contributed by atoms with Crippen LogP contribution in [0.3, 0.4) is 0 Å². The Hall–Kier alpha value is -3.41. The molecule has 124 valence electrons. The summed E-state index contributed by atoms with van der Waals surface area (Å²) in [5, 5.41) is 11.5. The van der Waals surface area contributed by atoms with E-state index in [9.17, 15) is 4.79 Å². The van der Waals surface area contributed by atoms with Gasteiger partial charge in [-0.15, -0.1) is 10.2 Å². The summed E-state index contributed by atoms with van der Waals surface area (Å²) in [5.74, 6) is 0.391. The third-order valence-corrected chi connectivity index (χ3v) is 4.12. The number of fused-ring (bicyclic) bond motifs is 1. The Morgan fingerprint density at radius 2 is 2.04 bits per heavy atom. The van der Waals surface area contributed by atoms with Crippen LogP contribution < -0.4 is 5.32 Å². The van der Waals surface area contributed by atoms with E-state index in [0.29, 0.717) is 12.3 Å². The molecule has 6 nitrogen and oxygen atoms in total. The van der Waals surface area contributed by atoms with E-state index < -0.39 is 0 Å². The van der Waals surface area contributed by atoms with Crippen LogP contribution in [-0.2, 0) is 11.2 Å². The first-order chi connectivity index (χ1) is 12.2. The van der Waals surface area contributed by atoms with E-state index in [-0.39, 0.29) is 5.91 Å². The summed E-state index contributed by atoms with van der Waals surface area (Å²) in [6.45, 7) is 2.05. The Balaban J connectivity index is 1.48. The number of hydrogen-bond donors (Lipinski definition) is 2. The normalized spacial score (nSPS) is 10.9. The second-order valence-electron chi connectivity index (χ2n) is 5.86. The first-order valence-corrected chi connectivity index (χ1v) is 7.93. The Kier molecular flexibility index (Phi) is 3.78. The van der Waals surface area contributed by atoms with Crippen molar-refractivity contribution in [1.82, 2.24) is 15.2 Å². The van der Waals surface area contributed by atoms with Gasteiger partial charge in [-0.3, -0.25) is 4.79 Å². The number of nitrogens with zero attached hydrogens (tertiary/aromatic N) is 2. The summed E-state index contributed by atoms with van der Waals surface area (Å²) in [4.78, 5) is 15.6. The zero-order valence-corrected chi connectivity index (χ0v) is 13.6. The smallest absolute Gasteiger partial charge is 0.247 e. The SMILES string of the molecule is Cc1cccc2[nH]cc(CC(=O)Nc3ccc(-c4nnco4)cc3)c12. The van der Waals surface area contributed by atoms with Crippen molar-refractivity contribution < 1.29 is 9.21 Å². The van der Waals surface area contributed by atoms with Crippen molar-refractivity contribution in [2.24, 2.45) is 0 Å². The van der Waals surface area contributed by atoms with Crippen LogP contribution in [-0.4, -0.2) is 21.1 Å². The lowest BCUT2D eigenvalue weighted by atomic mass is 10.1. The highest BCUT2D eigenvalue weighted by Crippen LogP contribution is 2.23. The number of H-pyrrole nitrogens is 1. The zero-order valence-electron chi connectivity index (χ0n) is 13.6. The summed E-state index contributed by atoms with van der Waals surface area (Å²) in [6, 6.07) is 13.4. The number of nitrogens with one attached hydrogen (secondary N) is 2. The summed E-state index contributed by atoms with van der Waals surface area (Å²) in [5.41, 5.74) is 4.73. The van der Waals surface area contributed by atoms with Crippen LogP contribution in [0.15, 0.2) is 59.5 Å². The van der Waals surface area contributed by atoms with Crippen LogP contribution in [0.5, 0.6) is 0 Å². The minimum absolute atomic E-state index is 0.0605. The number of carbonyl (C=O) groups excluding carboxylic acids is 1. The highest BCUT2D eigenvalue weighted by molar-refractivity contribution is 5.96. The van der Waals surface area contributed by atoms with Gasteiger partial charge in [0.25, 0.3) is 0 Å². The number of carbonyl (C=O) groups is 1. The highest BCUT2D eigenvalue weighted by Gasteiger charge is 2.11. The predicted octanol–water partition coefficient (Wildman–Crippen LogP) is 3.71. The van der Waals surface area contributed by atoms with Gasteiger partial charge in [-0.2, -0.15) is 0 Å². The second kappa shape index (κ2) is 6.24. The van der Waals surface area contributed by atoms with Crippen molar-refractivity contribution in [2.45, 2.75) is 13.3 Å². The number of aromatic amines is 1. The lowest BCUT2D eigenvalue weighted by Crippen LogP contribution is -2.14. The molecule has 0 aliphatic carbocycles. The maximum atomic E-state index is 12.4. The maximum Gasteiger partial charge on any atom is 0.247 e. The number of amides is 1.